The molecule has 0 atom stereocenters. The van der Waals surface area contributed by atoms with Crippen molar-refractivity contribution in [2.24, 2.45) is 0 Å². The predicted molar refractivity (Wildman–Crippen MR) is 81.5 cm³/mol. The monoisotopic (exact) mass is 290 g/mol. The molecular formula is C15H18N2O2S. The lowest BCUT2D eigenvalue weighted by molar-refractivity contribution is 0.128. The van der Waals surface area contributed by atoms with Crippen LogP contribution in [0.25, 0.3) is 11.3 Å². The molecule has 106 valence electrons. The molecule has 1 N–H and O–H groups in total. The molecule has 0 bridgehead atoms. The van der Waals surface area contributed by atoms with Gasteiger partial charge in [0.25, 0.3) is 0 Å². The smallest absolute Gasteiger partial charge is 0.134 e. The van der Waals surface area contributed by atoms with Gasteiger partial charge in [-0.15, -0.1) is 0 Å². The number of benzene rings is 1. The molecule has 0 aliphatic heterocycles. The van der Waals surface area contributed by atoms with Crippen LogP contribution >= 0.6 is 12.2 Å². The number of aromatic nitrogens is 2. The molecule has 0 aliphatic carbocycles. The standard InChI is InChI=1S/C15H18N2O2S/c1-4-19-9-14-16-13(8-15(20)17-14)12-6-5-11(18-3)7-10(12)2/h5-8H,4,9H2,1-3H3,(H,16,17,20). The number of ether oxygens (including phenoxy) is 2. The van der Waals surface area contributed by atoms with E-state index in [2.05, 4.69) is 9.97 Å². The Morgan fingerprint density at radius 2 is 2.10 bits per heavy atom. The summed E-state index contributed by atoms with van der Waals surface area (Å²) in [6, 6.07) is 7.80. The highest BCUT2D eigenvalue weighted by Crippen LogP contribution is 2.25. The minimum Gasteiger partial charge on any atom is -0.497 e. The number of methoxy groups -OCH3 is 1. The summed E-state index contributed by atoms with van der Waals surface area (Å²) in [6.07, 6.45) is 0. The fraction of sp³-hybridized carbons (Fsp3) is 0.333. The van der Waals surface area contributed by atoms with Gasteiger partial charge in [0.05, 0.1) is 12.8 Å². The highest BCUT2D eigenvalue weighted by atomic mass is 32.1. The molecule has 2 aromatic rings. The molecule has 0 unspecified atom stereocenters. The molecule has 0 spiro atoms. The second kappa shape index (κ2) is 6.63. The van der Waals surface area contributed by atoms with Crippen LogP contribution in [0.5, 0.6) is 5.75 Å². The van der Waals surface area contributed by atoms with Crippen LogP contribution in [0.4, 0.5) is 0 Å². The lowest BCUT2D eigenvalue weighted by Crippen LogP contribution is -2.01. The Bertz CT molecular complexity index is 653. The highest BCUT2D eigenvalue weighted by molar-refractivity contribution is 7.71. The second-order valence-corrected chi connectivity index (χ2v) is 4.82. The quantitative estimate of drug-likeness (QED) is 0.854. The summed E-state index contributed by atoms with van der Waals surface area (Å²) in [5, 5.41) is 0. The Morgan fingerprint density at radius 3 is 2.75 bits per heavy atom. The molecule has 0 fully saturated rings. The number of nitrogens with one attached hydrogen (secondary N) is 1. The zero-order chi connectivity index (χ0) is 14.5. The average Bonchev–Trinajstić information content (AvgIpc) is 2.44. The molecule has 20 heavy (non-hydrogen) atoms. The zero-order valence-electron chi connectivity index (χ0n) is 11.9. The van der Waals surface area contributed by atoms with E-state index < -0.39 is 0 Å². The number of aromatic amines is 1. The third kappa shape index (κ3) is 3.43. The van der Waals surface area contributed by atoms with Gasteiger partial charge >= 0.3 is 0 Å². The largest absolute Gasteiger partial charge is 0.497 e. The maximum absolute atomic E-state index is 5.37. The van der Waals surface area contributed by atoms with Crippen LogP contribution in [-0.2, 0) is 11.3 Å². The predicted octanol–water partition coefficient (Wildman–Crippen LogP) is 3.66. The van der Waals surface area contributed by atoms with Crippen molar-refractivity contribution in [3.05, 3.63) is 40.3 Å². The van der Waals surface area contributed by atoms with Crippen LogP contribution < -0.4 is 4.74 Å². The molecule has 0 radical (unpaired) electrons. The van der Waals surface area contributed by atoms with Crippen molar-refractivity contribution in [1.82, 2.24) is 9.97 Å². The van der Waals surface area contributed by atoms with E-state index in [-0.39, 0.29) is 0 Å². The Hall–Kier alpha value is -1.72. The number of nitrogens with zero attached hydrogens (tertiary/aromatic N) is 1. The molecule has 0 saturated carbocycles. The van der Waals surface area contributed by atoms with Gasteiger partial charge in [-0.3, -0.25) is 0 Å². The van der Waals surface area contributed by atoms with Gasteiger partial charge < -0.3 is 14.5 Å². The van der Waals surface area contributed by atoms with Crippen LogP contribution in [0.2, 0.25) is 0 Å². The highest BCUT2D eigenvalue weighted by Gasteiger charge is 2.06. The van der Waals surface area contributed by atoms with E-state index in [1.54, 1.807) is 7.11 Å². The zero-order valence-corrected chi connectivity index (χ0v) is 12.7. The first-order valence-corrected chi connectivity index (χ1v) is 6.88. The van der Waals surface area contributed by atoms with Gasteiger partial charge in [0, 0.05) is 12.2 Å². The van der Waals surface area contributed by atoms with E-state index in [1.165, 1.54) is 0 Å². The second-order valence-electron chi connectivity index (χ2n) is 4.40. The molecule has 0 saturated heterocycles. The van der Waals surface area contributed by atoms with E-state index in [1.807, 2.05) is 38.1 Å². The van der Waals surface area contributed by atoms with Crippen molar-refractivity contribution >= 4 is 12.2 Å². The summed E-state index contributed by atoms with van der Waals surface area (Å²) in [7, 11) is 1.66. The van der Waals surface area contributed by atoms with Crippen LogP contribution in [-0.4, -0.2) is 23.7 Å². The first-order valence-electron chi connectivity index (χ1n) is 6.47. The SMILES string of the molecule is CCOCc1nc(=S)cc(-c2ccc(OC)cc2C)[nH]1. The van der Waals surface area contributed by atoms with Gasteiger partial charge in [-0.2, -0.15) is 0 Å². The minimum absolute atomic E-state index is 0.434. The van der Waals surface area contributed by atoms with Gasteiger partial charge in [0.2, 0.25) is 0 Å². The topological polar surface area (TPSA) is 47.1 Å². The van der Waals surface area contributed by atoms with Crippen LogP contribution in [0.1, 0.15) is 18.3 Å². The third-order valence-corrected chi connectivity index (χ3v) is 3.17. The Kier molecular flexibility index (Phi) is 4.87. The van der Waals surface area contributed by atoms with Crippen LogP contribution in [0.15, 0.2) is 24.3 Å². The average molecular weight is 290 g/mol. The molecule has 1 aromatic carbocycles. The molecule has 0 aliphatic rings. The van der Waals surface area contributed by atoms with Gasteiger partial charge in [-0.1, -0.05) is 12.2 Å². The van der Waals surface area contributed by atoms with Gasteiger partial charge in [-0.05, 0) is 43.7 Å². The van der Waals surface area contributed by atoms with Crippen molar-refractivity contribution in [3.8, 4) is 17.0 Å². The van der Waals surface area contributed by atoms with Crippen molar-refractivity contribution in [3.63, 3.8) is 0 Å². The fourth-order valence-corrected chi connectivity index (χ4v) is 2.21. The number of hydrogen-bond acceptors (Lipinski definition) is 4. The third-order valence-electron chi connectivity index (χ3n) is 2.96. The summed E-state index contributed by atoms with van der Waals surface area (Å²) in [5.74, 6) is 1.58. The van der Waals surface area contributed by atoms with Crippen molar-refractivity contribution < 1.29 is 9.47 Å². The lowest BCUT2D eigenvalue weighted by atomic mass is 10.1. The summed E-state index contributed by atoms with van der Waals surface area (Å²) in [4.78, 5) is 7.54. The van der Waals surface area contributed by atoms with E-state index >= 15 is 0 Å². The van der Waals surface area contributed by atoms with Gasteiger partial charge in [0.15, 0.2) is 0 Å². The minimum atomic E-state index is 0.434. The molecule has 5 heteroatoms. The lowest BCUT2D eigenvalue weighted by Gasteiger charge is -2.10. The van der Waals surface area contributed by atoms with E-state index in [0.29, 0.717) is 17.9 Å². The molecule has 1 heterocycles. The first-order chi connectivity index (χ1) is 9.63. The number of aryl methyl sites for hydroxylation is 1. The van der Waals surface area contributed by atoms with Crippen molar-refractivity contribution in [1.29, 1.82) is 0 Å². The summed E-state index contributed by atoms with van der Waals surface area (Å²) in [6.45, 7) is 5.07. The van der Waals surface area contributed by atoms with Crippen LogP contribution in [0, 0.1) is 11.6 Å². The van der Waals surface area contributed by atoms with Crippen LogP contribution in [0.3, 0.4) is 0 Å². The van der Waals surface area contributed by atoms with Crippen molar-refractivity contribution in [2.75, 3.05) is 13.7 Å². The molecule has 1 aromatic heterocycles. The van der Waals surface area contributed by atoms with Gasteiger partial charge in [0.1, 0.15) is 22.8 Å². The summed E-state index contributed by atoms with van der Waals surface area (Å²) >= 11 is 5.22. The number of rotatable bonds is 5. The van der Waals surface area contributed by atoms with Gasteiger partial charge in [-0.25, -0.2) is 4.98 Å². The maximum Gasteiger partial charge on any atom is 0.134 e. The van der Waals surface area contributed by atoms with E-state index in [9.17, 15) is 0 Å². The molecule has 4 nitrogen and oxygen atoms in total. The Balaban J connectivity index is 2.41. The number of hydrogen-bond donors (Lipinski definition) is 1. The Labute approximate surface area is 123 Å². The summed E-state index contributed by atoms with van der Waals surface area (Å²) in [5.41, 5.74) is 3.14. The normalized spacial score (nSPS) is 10.6. The van der Waals surface area contributed by atoms with E-state index in [0.717, 1.165) is 28.4 Å². The fourth-order valence-electron chi connectivity index (χ4n) is 1.99. The molecular weight excluding hydrogens is 272 g/mol. The van der Waals surface area contributed by atoms with E-state index in [4.69, 9.17) is 21.7 Å². The first kappa shape index (κ1) is 14.7. The van der Waals surface area contributed by atoms with Crippen molar-refractivity contribution in [2.45, 2.75) is 20.5 Å². The maximum atomic E-state index is 5.37. The number of H-pyrrole nitrogens is 1. The molecule has 0 amide bonds. The molecule has 2 rings (SSSR count). The summed E-state index contributed by atoms with van der Waals surface area (Å²) < 4.78 is 11.2. The Morgan fingerprint density at radius 1 is 1.30 bits per heavy atom.